The van der Waals surface area contributed by atoms with Gasteiger partial charge in [-0.3, -0.25) is 4.79 Å². The predicted octanol–water partition coefficient (Wildman–Crippen LogP) is 5.20. The fourth-order valence-electron chi connectivity index (χ4n) is 1.46. The van der Waals surface area contributed by atoms with E-state index >= 15 is 0 Å². The van der Waals surface area contributed by atoms with Gasteiger partial charge in [-0.2, -0.15) is 5.26 Å². The van der Waals surface area contributed by atoms with E-state index in [4.69, 9.17) is 5.26 Å². The number of carbonyl (C=O) groups excluding carboxylic acids is 1. The number of hydrogen-bond acceptors (Lipinski definition) is 2. The van der Waals surface area contributed by atoms with E-state index in [9.17, 15) is 4.79 Å². The fraction of sp³-hybridized carbons (Fsp3) is 0.125. The number of hydrogen-bond donors (Lipinski definition) is 0. The monoisotopic (exact) mass is 393 g/mol. The first kappa shape index (κ1) is 16.6. The van der Waals surface area contributed by atoms with Crippen molar-refractivity contribution in [1.29, 1.82) is 5.26 Å². The Labute approximate surface area is 135 Å². The summed E-state index contributed by atoms with van der Waals surface area (Å²) in [5, 5.41) is 8.49. The summed E-state index contributed by atoms with van der Waals surface area (Å²) in [6, 6.07) is 13.1. The van der Waals surface area contributed by atoms with Crippen molar-refractivity contribution in [3.05, 3.63) is 67.6 Å². The second-order valence-corrected chi connectivity index (χ2v) is 5.91. The first-order valence-electron chi connectivity index (χ1n) is 5.85. The molecule has 0 unspecified atom stereocenters. The lowest BCUT2D eigenvalue weighted by molar-refractivity contribution is 0.112. The molecule has 0 N–H and O–H groups in total. The Morgan fingerprint density at radius 1 is 1.00 bits per heavy atom. The van der Waals surface area contributed by atoms with Gasteiger partial charge >= 0.3 is 0 Å². The predicted molar refractivity (Wildman–Crippen MR) is 87.9 cm³/mol. The van der Waals surface area contributed by atoms with E-state index in [0.717, 1.165) is 31.9 Å². The average molecular weight is 395 g/mol. The Kier molecular flexibility index (Phi) is 6.63. The molecule has 0 atom stereocenters. The van der Waals surface area contributed by atoms with Crippen LogP contribution in [0, 0.1) is 25.2 Å². The van der Waals surface area contributed by atoms with Crippen LogP contribution in [0.3, 0.4) is 0 Å². The van der Waals surface area contributed by atoms with Crippen molar-refractivity contribution in [1.82, 2.24) is 0 Å². The summed E-state index contributed by atoms with van der Waals surface area (Å²) in [4.78, 5) is 10.3. The molecule has 0 saturated heterocycles. The highest BCUT2D eigenvalue weighted by molar-refractivity contribution is 9.10. The van der Waals surface area contributed by atoms with Gasteiger partial charge < -0.3 is 0 Å². The maximum absolute atomic E-state index is 10.3. The number of nitrogens with zero attached hydrogens (tertiary/aromatic N) is 1. The Balaban J connectivity index is 0.000000200. The Morgan fingerprint density at radius 2 is 1.55 bits per heavy atom. The lowest BCUT2D eigenvalue weighted by Crippen LogP contribution is -1.81. The van der Waals surface area contributed by atoms with Crippen molar-refractivity contribution < 1.29 is 4.79 Å². The molecule has 0 aromatic heterocycles. The van der Waals surface area contributed by atoms with Gasteiger partial charge in [0.15, 0.2) is 0 Å². The molecule has 20 heavy (non-hydrogen) atoms. The Morgan fingerprint density at radius 3 is 2.00 bits per heavy atom. The van der Waals surface area contributed by atoms with E-state index in [0.29, 0.717) is 5.56 Å². The second-order valence-electron chi connectivity index (χ2n) is 4.20. The van der Waals surface area contributed by atoms with Gasteiger partial charge in [-0.1, -0.05) is 37.9 Å². The summed E-state index contributed by atoms with van der Waals surface area (Å²) >= 11 is 6.69. The third-order valence-corrected chi connectivity index (χ3v) is 4.38. The molecule has 2 rings (SSSR count). The van der Waals surface area contributed by atoms with E-state index in [2.05, 4.69) is 37.9 Å². The summed E-state index contributed by atoms with van der Waals surface area (Å²) in [5.41, 5.74) is 3.62. The highest BCUT2D eigenvalue weighted by Crippen LogP contribution is 2.16. The molecule has 4 heteroatoms. The Hall–Kier alpha value is -1.44. The van der Waals surface area contributed by atoms with Gasteiger partial charge in [0, 0.05) is 14.5 Å². The number of aryl methyl sites for hydroxylation is 2. The lowest BCUT2D eigenvalue weighted by Gasteiger charge is -1.96. The molecule has 0 fully saturated rings. The van der Waals surface area contributed by atoms with Crippen molar-refractivity contribution in [2.24, 2.45) is 0 Å². The molecule has 0 radical (unpaired) electrons. The standard InChI is InChI=1S/C8H6BrN.C8H7BrO/c2*1-6-4-7(5-10)2-3-8(6)9/h2-4H,1H3;2-5H,1H3. The third-order valence-electron chi connectivity index (χ3n) is 2.61. The lowest BCUT2D eigenvalue weighted by atomic mass is 10.2. The van der Waals surface area contributed by atoms with Crippen molar-refractivity contribution in [2.75, 3.05) is 0 Å². The molecule has 0 aliphatic carbocycles. The zero-order chi connectivity index (χ0) is 15.1. The summed E-state index contributed by atoms with van der Waals surface area (Å²) in [6.45, 7) is 3.92. The molecular weight excluding hydrogens is 382 g/mol. The molecule has 2 nitrogen and oxygen atoms in total. The number of nitriles is 1. The maximum Gasteiger partial charge on any atom is 0.150 e. The van der Waals surface area contributed by atoms with Crippen LogP contribution in [0.1, 0.15) is 27.0 Å². The zero-order valence-corrected chi connectivity index (χ0v) is 14.3. The molecule has 0 saturated carbocycles. The topological polar surface area (TPSA) is 40.9 Å². The maximum atomic E-state index is 10.3. The number of carbonyl (C=O) groups is 1. The summed E-state index contributed by atoms with van der Waals surface area (Å²) < 4.78 is 2.09. The van der Waals surface area contributed by atoms with Gasteiger partial charge in [-0.15, -0.1) is 0 Å². The van der Waals surface area contributed by atoms with Gasteiger partial charge in [0.2, 0.25) is 0 Å². The zero-order valence-electron chi connectivity index (χ0n) is 11.2. The molecule has 0 aliphatic heterocycles. The SMILES string of the molecule is Cc1cc(C#N)ccc1Br.Cc1cc(C=O)ccc1Br. The van der Waals surface area contributed by atoms with Crippen molar-refractivity contribution in [3.63, 3.8) is 0 Å². The molecule has 0 aliphatic rings. The quantitative estimate of drug-likeness (QED) is 0.623. The average Bonchev–Trinajstić information content (AvgIpc) is 2.45. The smallest absolute Gasteiger partial charge is 0.150 e. The van der Waals surface area contributed by atoms with Crippen LogP contribution in [0.5, 0.6) is 0 Å². The van der Waals surface area contributed by atoms with Crippen molar-refractivity contribution in [3.8, 4) is 6.07 Å². The molecule has 0 bridgehead atoms. The van der Waals surface area contributed by atoms with Crippen molar-refractivity contribution >= 4 is 38.1 Å². The molecule has 0 heterocycles. The van der Waals surface area contributed by atoms with Crippen LogP contribution in [-0.4, -0.2) is 6.29 Å². The van der Waals surface area contributed by atoms with Crippen LogP contribution in [0.25, 0.3) is 0 Å². The van der Waals surface area contributed by atoms with Gasteiger partial charge in [-0.05, 0) is 55.3 Å². The van der Waals surface area contributed by atoms with Crippen molar-refractivity contribution in [2.45, 2.75) is 13.8 Å². The second kappa shape index (κ2) is 7.98. The minimum absolute atomic E-state index is 0.709. The molecule has 2 aromatic carbocycles. The minimum Gasteiger partial charge on any atom is -0.298 e. The number of aldehydes is 1. The van der Waals surface area contributed by atoms with Crippen LogP contribution in [0.15, 0.2) is 45.3 Å². The van der Waals surface area contributed by atoms with E-state index in [-0.39, 0.29) is 0 Å². The van der Waals surface area contributed by atoms with Crippen LogP contribution in [0.2, 0.25) is 0 Å². The summed E-state index contributed by atoms with van der Waals surface area (Å²) in [7, 11) is 0. The first-order chi connectivity index (χ1) is 9.47. The minimum atomic E-state index is 0.709. The largest absolute Gasteiger partial charge is 0.298 e. The summed E-state index contributed by atoms with van der Waals surface area (Å²) in [6.07, 6.45) is 0.847. The highest BCUT2D eigenvalue weighted by Gasteiger charge is 1.94. The van der Waals surface area contributed by atoms with Gasteiger partial charge in [-0.25, -0.2) is 0 Å². The number of halogens is 2. The van der Waals surface area contributed by atoms with Crippen LogP contribution >= 0.6 is 31.9 Å². The van der Waals surface area contributed by atoms with Crippen LogP contribution in [-0.2, 0) is 0 Å². The van der Waals surface area contributed by atoms with Crippen LogP contribution < -0.4 is 0 Å². The van der Waals surface area contributed by atoms with E-state index in [1.54, 1.807) is 12.1 Å². The molecular formula is C16H13Br2NO. The van der Waals surface area contributed by atoms with E-state index in [1.165, 1.54) is 0 Å². The first-order valence-corrected chi connectivity index (χ1v) is 7.44. The number of rotatable bonds is 1. The summed E-state index contributed by atoms with van der Waals surface area (Å²) in [5.74, 6) is 0. The van der Waals surface area contributed by atoms with Crippen LogP contribution in [0.4, 0.5) is 0 Å². The Bertz CT molecular complexity index is 660. The van der Waals surface area contributed by atoms with E-state index in [1.807, 2.05) is 38.1 Å². The van der Waals surface area contributed by atoms with Gasteiger partial charge in [0.25, 0.3) is 0 Å². The molecule has 0 spiro atoms. The van der Waals surface area contributed by atoms with Gasteiger partial charge in [0.05, 0.1) is 11.6 Å². The van der Waals surface area contributed by atoms with Gasteiger partial charge in [0.1, 0.15) is 6.29 Å². The normalized spacial score (nSPS) is 9.15. The molecule has 0 amide bonds. The number of benzene rings is 2. The third kappa shape index (κ3) is 4.92. The fourth-order valence-corrected chi connectivity index (χ4v) is 1.95. The highest BCUT2D eigenvalue weighted by atomic mass is 79.9. The molecule has 102 valence electrons. The molecule has 2 aromatic rings. The van der Waals surface area contributed by atoms with E-state index < -0.39 is 0 Å².